The molecule has 4 rings (SSSR count). The molecule has 3 aromatic rings. The maximum atomic E-state index is 12.8. The van der Waals surface area contributed by atoms with Gasteiger partial charge in [-0.3, -0.25) is 5.41 Å². The molecule has 2 heterocycles. The lowest BCUT2D eigenvalue weighted by atomic mass is 9.91. The standard InChI is InChI=1S/C21H24N2O3S2/c1-5-26-14-7-9-18-16(11-14)15-10-13(6-8-17(15)27-18)21(4)12-28(24,25)20(2,3)19(22)23-21/h6-11H,5,12H2,1-4H3,(H2,22,23)/t21-/m0/s1. The third kappa shape index (κ3) is 2.79. The van der Waals surface area contributed by atoms with Gasteiger partial charge in [0, 0.05) is 20.2 Å². The van der Waals surface area contributed by atoms with Crippen LogP contribution < -0.4 is 10.1 Å². The van der Waals surface area contributed by atoms with E-state index in [1.807, 2.05) is 38.1 Å². The molecule has 1 aliphatic rings. The molecule has 28 heavy (non-hydrogen) atoms. The van der Waals surface area contributed by atoms with Gasteiger partial charge in [0.2, 0.25) is 0 Å². The normalized spacial score (nSPS) is 23.6. The number of benzene rings is 2. The number of thiophene rings is 1. The Balaban J connectivity index is 1.86. The van der Waals surface area contributed by atoms with Crippen LogP contribution in [0.4, 0.5) is 0 Å². The first-order valence-electron chi connectivity index (χ1n) is 9.26. The summed E-state index contributed by atoms with van der Waals surface area (Å²) in [5, 5.41) is 13.6. The molecule has 0 radical (unpaired) electrons. The van der Waals surface area contributed by atoms with E-state index in [1.165, 1.54) is 4.70 Å². The largest absolute Gasteiger partial charge is 0.494 e. The van der Waals surface area contributed by atoms with Crippen molar-refractivity contribution in [3.05, 3.63) is 42.0 Å². The van der Waals surface area contributed by atoms with Gasteiger partial charge in [-0.2, -0.15) is 0 Å². The van der Waals surface area contributed by atoms with E-state index >= 15 is 0 Å². The summed E-state index contributed by atoms with van der Waals surface area (Å²) in [6.07, 6.45) is 0. The molecule has 0 amide bonds. The van der Waals surface area contributed by atoms with Crippen LogP contribution in [-0.2, 0) is 15.4 Å². The molecule has 1 saturated heterocycles. The van der Waals surface area contributed by atoms with Crippen molar-refractivity contribution in [1.82, 2.24) is 5.32 Å². The molecule has 7 heteroatoms. The summed E-state index contributed by atoms with van der Waals surface area (Å²) in [4.78, 5) is 0. The van der Waals surface area contributed by atoms with Gasteiger partial charge in [-0.25, -0.2) is 8.42 Å². The van der Waals surface area contributed by atoms with Crippen LogP contribution in [0.5, 0.6) is 5.75 Å². The van der Waals surface area contributed by atoms with Crippen molar-refractivity contribution in [1.29, 1.82) is 5.41 Å². The molecule has 1 aliphatic heterocycles. The van der Waals surface area contributed by atoms with E-state index < -0.39 is 20.1 Å². The van der Waals surface area contributed by atoms with E-state index in [-0.39, 0.29) is 11.6 Å². The van der Waals surface area contributed by atoms with Crippen LogP contribution in [0, 0.1) is 5.41 Å². The van der Waals surface area contributed by atoms with Crippen LogP contribution in [0.3, 0.4) is 0 Å². The van der Waals surface area contributed by atoms with Crippen molar-refractivity contribution in [2.45, 2.75) is 38.0 Å². The molecular weight excluding hydrogens is 392 g/mol. The molecule has 0 bridgehead atoms. The lowest BCUT2D eigenvalue weighted by Crippen LogP contribution is -2.63. The number of ether oxygens (including phenoxy) is 1. The molecule has 1 atom stereocenters. The fourth-order valence-electron chi connectivity index (χ4n) is 3.69. The Kier molecular flexibility index (Phi) is 4.25. The molecule has 0 unspecified atom stereocenters. The zero-order valence-corrected chi connectivity index (χ0v) is 18.1. The first-order chi connectivity index (χ1) is 13.1. The van der Waals surface area contributed by atoms with Crippen molar-refractivity contribution in [3.8, 4) is 5.75 Å². The van der Waals surface area contributed by atoms with E-state index in [2.05, 4.69) is 17.4 Å². The van der Waals surface area contributed by atoms with Crippen LogP contribution in [0.25, 0.3) is 20.2 Å². The van der Waals surface area contributed by atoms with E-state index in [4.69, 9.17) is 10.1 Å². The van der Waals surface area contributed by atoms with Crippen LogP contribution in [-0.4, -0.2) is 31.4 Å². The van der Waals surface area contributed by atoms with Crippen LogP contribution in [0.2, 0.25) is 0 Å². The minimum Gasteiger partial charge on any atom is -0.494 e. The summed E-state index contributed by atoms with van der Waals surface area (Å²) in [6, 6.07) is 12.1. The number of sulfone groups is 1. The highest BCUT2D eigenvalue weighted by atomic mass is 32.2. The lowest BCUT2D eigenvalue weighted by molar-refractivity contribution is 0.341. The van der Waals surface area contributed by atoms with Gasteiger partial charge in [0.15, 0.2) is 9.84 Å². The van der Waals surface area contributed by atoms with Gasteiger partial charge in [-0.05, 0) is 63.6 Å². The Morgan fingerprint density at radius 3 is 2.39 bits per heavy atom. The average molecular weight is 417 g/mol. The van der Waals surface area contributed by atoms with E-state index in [9.17, 15) is 8.42 Å². The Hall–Kier alpha value is -2.12. The highest BCUT2D eigenvalue weighted by molar-refractivity contribution is 7.93. The van der Waals surface area contributed by atoms with E-state index in [0.717, 1.165) is 26.8 Å². The topological polar surface area (TPSA) is 79.2 Å². The predicted molar refractivity (Wildman–Crippen MR) is 117 cm³/mol. The lowest BCUT2D eigenvalue weighted by Gasteiger charge is -2.43. The number of amidine groups is 1. The molecule has 0 saturated carbocycles. The zero-order valence-electron chi connectivity index (χ0n) is 16.4. The summed E-state index contributed by atoms with van der Waals surface area (Å²) in [7, 11) is -3.47. The van der Waals surface area contributed by atoms with Crippen LogP contribution in [0.1, 0.15) is 33.3 Å². The van der Waals surface area contributed by atoms with E-state index in [0.29, 0.717) is 6.61 Å². The molecule has 0 spiro atoms. The Morgan fingerprint density at radius 2 is 1.75 bits per heavy atom. The van der Waals surface area contributed by atoms with Gasteiger partial charge in [-0.15, -0.1) is 11.3 Å². The maximum Gasteiger partial charge on any atom is 0.165 e. The van der Waals surface area contributed by atoms with Crippen molar-refractivity contribution >= 4 is 47.2 Å². The summed E-state index contributed by atoms with van der Waals surface area (Å²) in [5.41, 5.74) is 0.0242. The number of rotatable bonds is 3. The molecule has 2 N–H and O–H groups in total. The van der Waals surface area contributed by atoms with Gasteiger partial charge in [0.25, 0.3) is 0 Å². The molecular formula is C21H24N2O3S2. The number of hydrogen-bond donors (Lipinski definition) is 2. The average Bonchev–Trinajstić information content (AvgIpc) is 2.97. The van der Waals surface area contributed by atoms with Crippen LogP contribution in [0.15, 0.2) is 36.4 Å². The Bertz CT molecular complexity index is 1210. The third-order valence-electron chi connectivity index (χ3n) is 5.65. The maximum absolute atomic E-state index is 12.8. The minimum absolute atomic E-state index is 0.0372. The molecule has 148 valence electrons. The molecule has 5 nitrogen and oxygen atoms in total. The summed E-state index contributed by atoms with van der Waals surface area (Å²) >= 11 is 1.71. The minimum atomic E-state index is -3.47. The highest BCUT2D eigenvalue weighted by Gasteiger charge is 2.50. The molecule has 1 fully saturated rings. The van der Waals surface area contributed by atoms with Gasteiger partial charge in [0.05, 0.1) is 17.9 Å². The summed E-state index contributed by atoms with van der Waals surface area (Å²) in [5.74, 6) is 0.816. The second kappa shape index (κ2) is 6.19. The quantitative estimate of drug-likeness (QED) is 0.661. The number of nitrogens with one attached hydrogen (secondary N) is 2. The van der Waals surface area contributed by atoms with Gasteiger partial charge >= 0.3 is 0 Å². The number of hydrogen-bond acceptors (Lipinski definition) is 5. The van der Waals surface area contributed by atoms with Gasteiger partial charge < -0.3 is 10.1 Å². The van der Waals surface area contributed by atoms with Crippen LogP contribution >= 0.6 is 11.3 Å². The first kappa shape index (κ1) is 19.2. The van der Waals surface area contributed by atoms with Gasteiger partial charge in [-0.1, -0.05) is 6.07 Å². The summed E-state index contributed by atoms with van der Waals surface area (Å²) in [6.45, 7) is 7.59. The SMILES string of the molecule is CCOc1ccc2sc3ccc([C@]4(C)CS(=O)(=O)C(C)(C)C(=N)N4)cc3c2c1. The fraction of sp³-hybridized carbons (Fsp3) is 0.381. The smallest absolute Gasteiger partial charge is 0.165 e. The molecule has 1 aromatic heterocycles. The fourth-order valence-corrected chi connectivity index (χ4v) is 6.48. The van der Waals surface area contributed by atoms with Crippen molar-refractivity contribution in [2.75, 3.05) is 12.4 Å². The van der Waals surface area contributed by atoms with Crippen molar-refractivity contribution < 1.29 is 13.2 Å². The molecule has 0 aliphatic carbocycles. The summed E-state index contributed by atoms with van der Waals surface area (Å²) < 4.78 is 32.5. The Morgan fingerprint density at radius 1 is 1.11 bits per heavy atom. The predicted octanol–water partition coefficient (Wildman–Crippen LogP) is 4.44. The number of fused-ring (bicyclic) bond motifs is 3. The van der Waals surface area contributed by atoms with Gasteiger partial charge in [0.1, 0.15) is 16.3 Å². The first-order valence-corrected chi connectivity index (χ1v) is 11.7. The molecule has 2 aromatic carbocycles. The zero-order chi connectivity index (χ0) is 20.3. The second-order valence-electron chi connectivity index (χ2n) is 8.01. The second-order valence-corrected chi connectivity index (χ2v) is 11.6. The Labute approximate surface area is 169 Å². The monoisotopic (exact) mass is 416 g/mol. The third-order valence-corrected chi connectivity index (χ3v) is 9.52. The van der Waals surface area contributed by atoms with E-state index in [1.54, 1.807) is 25.2 Å². The highest BCUT2D eigenvalue weighted by Crippen LogP contribution is 2.40. The van der Waals surface area contributed by atoms with Crippen molar-refractivity contribution in [3.63, 3.8) is 0 Å². The van der Waals surface area contributed by atoms with Crippen molar-refractivity contribution in [2.24, 2.45) is 0 Å².